The van der Waals surface area contributed by atoms with Crippen molar-refractivity contribution in [3.8, 4) is 0 Å². The number of hydrogen-bond acceptors (Lipinski definition) is 3. The number of carbonyl (C=O) groups is 1. The maximum absolute atomic E-state index is 12.8. The maximum atomic E-state index is 12.8. The molecule has 152 valence electrons. The zero-order valence-electron chi connectivity index (χ0n) is 16.7. The predicted molar refractivity (Wildman–Crippen MR) is 111 cm³/mol. The van der Waals surface area contributed by atoms with Gasteiger partial charge in [-0.1, -0.05) is 30.3 Å². The van der Waals surface area contributed by atoms with E-state index in [2.05, 4.69) is 32.1 Å². The van der Waals surface area contributed by atoms with Crippen LogP contribution in [0.2, 0.25) is 0 Å². The van der Waals surface area contributed by atoms with E-state index in [0.29, 0.717) is 6.54 Å². The van der Waals surface area contributed by atoms with E-state index in [1.54, 1.807) is 6.20 Å². The molecule has 1 aromatic carbocycles. The van der Waals surface area contributed by atoms with Crippen molar-refractivity contribution in [2.45, 2.75) is 51.4 Å². The summed E-state index contributed by atoms with van der Waals surface area (Å²) in [4.78, 5) is 18.9. The fourth-order valence-electron chi connectivity index (χ4n) is 3.92. The number of nitrogens with one attached hydrogen (secondary N) is 1. The van der Waals surface area contributed by atoms with Crippen LogP contribution in [-0.4, -0.2) is 42.8 Å². The molecule has 0 radical (unpaired) electrons. The molecule has 0 saturated carbocycles. The van der Waals surface area contributed by atoms with E-state index in [4.69, 9.17) is 0 Å². The lowest BCUT2D eigenvalue weighted by molar-refractivity contribution is 0.143. The Labute approximate surface area is 171 Å². The SMILES string of the molecule is O=C(NCc1cnn(Cc2ccccc2)c1)N1CCCC[C@@H]1CCn1ccnc1. The van der Waals surface area contributed by atoms with Gasteiger partial charge in [-0.05, 0) is 31.2 Å². The highest BCUT2D eigenvalue weighted by Crippen LogP contribution is 2.20. The maximum Gasteiger partial charge on any atom is 0.317 e. The van der Waals surface area contributed by atoms with Crippen molar-refractivity contribution >= 4 is 6.03 Å². The number of aryl methyl sites for hydroxylation is 1. The molecule has 7 heteroatoms. The first-order valence-corrected chi connectivity index (χ1v) is 10.3. The lowest BCUT2D eigenvalue weighted by atomic mass is 10.00. The van der Waals surface area contributed by atoms with Gasteiger partial charge in [0.1, 0.15) is 0 Å². The molecule has 3 heterocycles. The molecule has 0 aliphatic carbocycles. The fraction of sp³-hybridized carbons (Fsp3) is 0.409. The number of amides is 2. The van der Waals surface area contributed by atoms with Crippen LogP contribution in [0.3, 0.4) is 0 Å². The van der Waals surface area contributed by atoms with Crippen LogP contribution < -0.4 is 5.32 Å². The summed E-state index contributed by atoms with van der Waals surface area (Å²) in [5.74, 6) is 0. The number of hydrogen-bond donors (Lipinski definition) is 1. The second-order valence-electron chi connectivity index (χ2n) is 7.62. The molecule has 0 bridgehead atoms. The molecule has 0 spiro atoms. The molecule has 2 aromatic heterocycles. The second-order valence-corrected chi connectivity index (χ2v) is 7.62. The minimum atomic E-state index is 0.0242. The molecular weight excluding hydrogens is 364 g/mol. The van der Waals surface area contributed by atoms with E-state index in [1.165, 1.54) is 12.0 Å². The molecule has 1 N–H and O–H groups in total. The standard InChI is InChI=1S/C22H28N6O/c29-22(28-11-5-4-8-21(28)9-12-26-13-10-23-18-26)24-14-20-15-25-27(17-20)16-19-6-2-1-3-7-19/h1-3,6-7,10,13,15,17-18,21H,4-5,8-9,11-12,14,16H2,(H,24,29)/t21-/m1/s1. The number of carbonyl (C=O) groups excluding carboxylic acids is 1. The van der Waals surface area contributed by atoms with Gasteiger partial charge in [-0.2, -0.15) is 5.10 Å². The first-order valence-electron chi connectivity index (χ1n) is 10.3. The fourth-order valence-corrected chi connectivity index (χ4v) is 3.92. The van der Waals surface area contributed by atoms with Crippen molar-refractivity contribution in [2.75, 3.05) is 6.54 Å². The van der Waals surface area contributed by atoms with Gasteiger partial charge in [0.2, 0.25) is 0 Å². The van der Waals surface area contributed by atoms with Crippen LogP contribution in [-0.2, 0) is 19.6 Å². The number of aromatic nitrogens is 4. The number of imidazole rings is 1. The molecule has 7 nitrogen and oxygen atoms in total. The van der Waals surface area contributed by atoms with Crippen molar-refractivity contribution in [3.63, 3.8) is 0 Å². The number of piperidine rings is 1. The Balaban J connectivity index is 1.28. The van der Waals surface area contributed by atoms with E-state index < -0.39 is 0 Å². The van der Waals surface area contributed by atoms with Gasteiger partial charge >= 0.3 is 6.03 Å². The van der Waals surface area contributed by atoms with Crippen molar-refractivity contribution in [1.29, 1.82) is 0 Å². The average molecular weight is 393 g/mol. The number of benzene rings is 1. The smallest absolute Gasteiger partial charge is 0.317 e. The third kappa shape index (κ3) is 5.25. The lowest BCUT2D eigenvalue weighted by Crippen LogP contribution is -2.48. The van der Waals surface area contributed by atoms with Crippen LogP contribution in [0.25, 0.3) is 0 Å². The quantitative estimate of drug-likeness (QED) is 0.671. The molecule has 0 unspecified atom stereocenters. The number of rotatable bonds is 7. The Morgan fingerprint density at radius 2 is 2.07 bits per heavy atom. The average Bonchev–Trinajstić information content (AvgIpc) is 3.43. The van der Waals surface area contributed by atoms with Gasteiger partial charge in [0, 0.05) is 49.8 Å². The van der Waals surface area contributed by atoms with E-state index in [9.17, 15) is 4.79 Å². The minimum absolute atomic E-state index is 0.0242. The summed E-state index contributed by atoms with van der Waals surface area (Å²) in [6.45, 7) is 2.95. The Kier molecular flexibility index (Phi) is 6.24. The zero-order valence-corrected chi connectivity index (χ0v) is 16.7. The summed E-state index contributed by atoms with van der Waals surface area (Å²) in [5, 5.41) is 7.50. The van der Waals surface area contributed by atoms with Crippen molar-refractivity contribution in [3.05, 3.63) is 72.6 Å². The van der Waals surface area contributed by atoms with Gasteiger partial charge in [-0.3, -0.25) is 4.68 Å². The van der Waals surface area contributed by atoms with E-state index in [1.807, 2.05) is 52.7 Å². The number of nitrogens with zero attached hydrogens (tertiary/aromatic N) is 5. The number of urea groups is 1. The second kappa shape index (κ2) is 9.41. The third-order valence-electron chi connectivity index (χ3n) is 5.49. The van der Waals surface area contributed by atoms with Crippen LogP contribution >= 0.6 is 0 Å². The van der Waals surface area contributed by atoms with Gasteiger partial charge in [-0.25, -0.2) is 9.78 Å². The predicted octanol–water partition coefficient (Wildman–Crippen LogP) is 3.28. The zero-order chi connectivity index (χ0) is 19.9. The highest BCUT2D eigenvalue weighted by molar-refractivity contribution is 5.74. The molecule has 1 aliphatic rings. The molecule has 29 heavy (non-hydrogen) atoms. The van der Waals surface area contributed by atoms with Gasteiger partial charge in [0.05, 0.1) is 19.1 Å². The molecular formula is C22H28N6O. The van der Waals surface area contributed by atoms with Crippen LogP contribution in [0.5, 0.6) is 0 Å². The molecule has 4 rings (SSSR count). The molecule has 1 atom stereocenters. The van der Waals surface area contributed by atoms with E-state index in [-0.39, 0.29) is 12.1 Å². The lowest BCUT2D eigenvalue weighted by Gasteiger charge is -2.35. The van der Waals surface area contributed by atoms with Crippen molar-refractivity contribution < 1.29 is 4.79 Å². The molecule has 2 amide bonds. The summed E-state index contributed by atoms with van der Waals surface area (Å²) >= 11 is 0. The summed E-state index contributed by atoms with van der Waals surface area (Å²) < 4.78 is 3.98. The van der Waals surface area contributed by atoms with Crippen LogP contribution in [0, 0.1) is 0 Å². The topological polar surface area (TPSA) is 68.0 Å². The highest BCUT2D eigenvalue weighted by Gasteiger charge is 2.26. The van der Waals surface area contributed by atoms with Crippen LogP contribution in [0.15, 0.2) is 61.4 Å². The normalized spacial score (nSPS) is 16.7. The molecule has 1 aliphatic heterocycles. The Bertz CT molecular complexity index is 889. The first kappa shape index (κ1) is 19.2. The third-order valence-corrected chi connectivity index (χ3v) is 5.49. The molecule has 1 saturated heterocycles. The van der Waals surface area contributed by atoms with Gasteiger partial charge in [0.25, 0.3) is 0 Å². The summed E-state index contributed by atoms with van der Waals surface area (Å²) in [6.07, 6.45) is 13.7. The monoisotopic (exact) mass is 392 g/mol. The molecule has 1 fully saturated rings. The van der Waals surface area contributed by atoms with E-state index >= 15 is 0 Å². The first-order chi connectivity index (χ1) is 14.3. The van der Waals surface area contributed by atoms with Crippen LogP contribution in [0.1, 0.15) is 36.8 Å². The van der Waals surface area contributed by atoms with Crippen molar-refractivity contribution in [2.24, 2.45) is 0 Å². The van der Waals surface area contributed by atoms with Gasteiger partial charge in [0.15, 0.2) is 0 Å². The van der Waals surface area contributed by atoms with E-state index in [0.717, 1.165) is 44.5 Å². The summed E-state index contributed by atoms with van der Waals surface area (Å²) in [6, 6.07) is 10.6. The Morgan fingerprint density at radius 1 is 1.17 bits per heavy atom. The van der Waals surface area contributed by atoms with Crippen LogP contribution in [0.4, 0.5) is 4.79 Å². The largest absolute Gasteiger partial charge is 0.337 e. The summed E-state index contributed by atoms with van der Waals surface area (Å²) in [7, 11) is 0. The molecule has 3 aromatic rings. The minimum Gasteiger partial charge on any atom is -0.337 e. The van der Waals surface area contributed by atoms with Crippen molar-refractivity contribution in [1.82, 2.24) is 29.5 Å². The Hall–Kier alpha value is -3.09. The Morgan fingerprint density at radius 3 is 2.90 bits per heavy atom. The van der Waals surface area contributed by atoms with Gasteiger partial charge < -0.3 is 14.8 Å². The number of likely N-dealkylation sites (tertiary alicyclic amines) is 1. The van der Waals surface area contributed by atoms with Gasteiger partial charge in [-0.15, -0.1) is 0 Å². The highest BCUT2D eigenvalue weighted by atomic mass is 16.2. The summed E-state index contributed by atoms with van der Waals surface area (Å²) in [5.41, 5.74) is 2.22.